The maximum atomic E-state index is 12.0. The average molecular weight is 284 g/mol. The Hall–Kier alpha value is -1.59. The number of halogens is 1. The standard InChI is InChI=1S/C13H17N3O2.ClH/c14-12(17)9-1-3-11(4-2-9)16-13(18)10-5-7-15-8-6-10;/h1-4,10,15H,5-8H2,(H2,14,17)(H,16,18);1H. The fourth-order valence-corrected chi connectivity index (χ4v) is 2.05. The summed E-state index contributed by atoms with van der Waals surface area (Å²) in [6, 6.07) is 6.61. The summed E-state index contributed by atoms with van der Waals surface area (Å²) in [6.45, 7) is 1.78. The van der Waals surface area contributed by atoms with Crippen molar-refractivity contribution in [2.45, 2.75) is 12.8 Å². The Labute approximate surface area is 118 Å². The van der Waals surface area contributed by atoms with Crippen LogP contribution in [-0.4, -0.2) is 24.9 Å². The van der Waals surface area contributed by atoms with Crippen LogP contribution in [0.5, 0.6) is 0 Å². The molecule has 104 valence electrons. The Bertz CT molecular complexity index is 442. The second-order valence-electron chi connectivity index (χ2n) is 4.46. The number of amides is 2. The minimum absolute atomic E-state index is 0. The fourth-order valence-electron chi connectivity index (χ4n) is 2.05. The van der Waals surface area contributed by atoms with E-state index in [1.165, 1.54) is 0 Å². The van der Waals surface area contributed by atoms with Crippen molar-refractivity contribution in [3.05, 3.63) is 29.8 Å². The first-order chi connectivity index (χ1) is 8.66. The van der Waals surface area contributed by atoms with Gasteiger partial charge in [-0.15, -0.1) is 12.4 Å². The largest absolute Gasteiger partial charge is 0.366 e. The molecule has 1 aromatic rings. The number of hydrogen-bond acceptors (Lipinski definition) is 3. The van der Waals surface area contributed by atoms with Crippen molar-refractivity contribution in [2.24, 2.45) is 11.7 Å². The van der Waals surface area contributed by atoms with E-state index < -0.39 is 5.91 Å². The molecule has 0 saturated carbocycles. The zero-order chi connectivity index (χ0) is 13.0. The van der Waals surface area contributed by atoms with Crippen LogP contribution in [0.3, 0.4) is 0 Å². The SMILES string of the molecule is Cl.NC(=O)c1ccc(NC(=O)C2CCNCC2)cc1. The molecule has 1 saturated heterocycles. The molecule has 0 aliphatic carbocycles. The molecule has 1 aromatic carbocycles. The number of anilines is 1. The minimum atomic E-state index is -0.466. The lowest BCUT2D eigenvalue weighted by molar-refractivity contribution is -0.120. The molecule has 0 radical (unpaired) electrons. The number of piperidine rings is 1. The second-order valence-corrected chi connectivity index (χ2v) is 4.46. The fraction of sp³-hybridized carbons (Fsp3) is 0.385. The van der Waals surface area contributed by atoms with Gasteiger partial charge in [0.1, 0.15) is 0 Å². The van der Waals surface area contributed by atoms with Gasteiger partial charge in [0.05, 0.1) is 0 Å². The van der Waals surface area contributed by atoms with E-state index in [1.807, 2.05) is 0 Å². The van der Waals surface area contributed by atoms with Gasteiger partial charge < -0.3 is 16.4 Å². The van der Waals surface area contributed by atoms with E-state index in [0.29, 0.717) is 11.3 Å². The van der Waals surface area contributed by atoms with Crippen LogP contribution in [0, 0.1) is 5.92 Å². The summed E-state index contributed by atoms with van der Waals surface area (Å²) in [6.07, 6.45) is 1.73. The number of rotatable bonds is 3. The molecule has 0 aromatic heterocycles. The van der Waals surface area contributed by atoms with E-state index in [-0.39, 0.29) is 24.2 Å². The van der Waals surface area contributed by atoms with Gasteiger partial charge in [-0.05, 0) is 50.2 Å². The van der Waals surface area contributed by atoms with Gasteiger partial charge in [0.25, 0.3) is 0 Å². The second kappa shape index (κ2) is 7.11. The van der Waals surface area contributed by atoms with Gasteiger partial charge in [-0.25, -0.2) is 0 Å². The Kier molecular flexibility index (Phi) is 5.79. The maximum Gasteiger partial charge on any atom is 0.248 e. The minimum Gasteiger partial charge on any atom is -0.366 e. The normalized spacial score (nSPS) is 15.4. The van der Waals surface area contributed by atoms with E-state index in [0.717, 1.165) is 25.9 Å². The lowest BCUT2D eigenvalue weighted by Gasteiger charge is -2.21. The summed E-state index contributed by atoms with van der Waals surface area (Å²) in [4.78, 5) is 22.9. The van der Waals surface area contributed by atoms with Crippen LogP contribution in [-0.2, 0) is 4.79 Å². The van der Waals surface area contributed by atoms with E-state index >= 15 is 0 Å². The third-order valence-electron chi connectivity index (χ3n) is 3.15. The van der Waals surface area contributed by atoms with Crippen LogP contribution in [0.4, 0.5) is 5.69 Å². The average Bonchev–Trinajstić information content (AvgIpc) is 2.40. The quantitative estimate of drug-likeness (QED) is 0.778. The molecule has 1 fully saturated rings. The molecule has 1 aliphatic rings. The van der Waals surface area contributed by atoms with Gasteiger partial charge >= 0.3 is 0 Å². The molecule has 0 atom stereocenters. The molecule has 1 aliphatic heterocycles. The summed E-state index contributed by atoms with van der Waals surface area (Å²) in [5.74, 6) is -0.350. The molecule has 2 amide bonds. The molecule has 0 unspecified atom stereocenters. The molecule has 19 heavy (non-hydrogen) atoms. The van der Waals surface area contributed by atoms with Gasteiger partial charge in [0.15, 0.2) is 0 Å². The van der Waals surface area contributed by atoms with Gasteiger partial charge in [0, 0.05) is 17.2 Å². The molecule has 2 rings (SSSR count). The Morgan fingerprint density at radius 3 is 2.26 bits per heavy atom. The molecular weight excluding hydrogens is 266 g/mol. The van der Waals surface area contributed by atoms with Crippen LogP contribution in [0.15, 0.2) is 24.3 Å². The lowest BCUT2D eigenvalue weighted by atomic mass is 9.97. The van der Waals surface area contributed by atoms with E-state index in [2.05, 4.69) is 10.6 Å². The summed E-state index contributed by atoms with van der Waals surface area (Å²) >= 11 is 0. The number of hydrogen-bond donors (Lipinski definition) is 3. The van der Waals surface area contributed by atoms with E-state index in [9.17, 15) is 9.59 Å². The first-order valence-electron chi connectivity index (χ1n) is 6.08. The monoisotopic (exact) mass is 283 g/mol. The topological polar surface area (TPSA) is 84.2 Å². The number of primary amides is 1. The number of benzene rings is 1. The number of carbonyl (C=O) groups is 2. The maximum absolute atomic E-state index is 12.0. The summed E-state index contributed by atoms with van der Waals surface area (Å²) in [7, 11) is 0. The van der Waals surface area contributed by atoms with Crippen LogP contribution in [0.1, 0.15) is 23.2 Å². The highest BCUT2D eigenvalue weighted by molar-refractivity contribution is 5.95. The third-order valence-corrected chi connectivity index (χ3v) is 3.15. The number of carbonyl (C=O) groups excluding carboxylic acids is 2. The Balaban J connectivity index is 0.00000180. The van der Waals surface area contributed by atoms with E-state index in [1.54, 1.807) is 24.3 Å². The van der Waals surface area contributed by atoms with Crippen molar-refractivity contribution >= 4 is 29.9 Å². The van der Waals surface area contributed by atoms with Crippen LogP contribution in [0.25, 0.3) is 0 Å². The van der Waals surface area contributed by atoms with Crippen LogP contribution in [0.2, 0.25) is 0 Å². The van der Waals surface area contributed by atoms with Gasteiger partial charge in [-0.3, -0.25) is 9.59 Å². The summed E-state index contributed by atoms with van der Waals surface area (Å²) in [5, 5.41) is 6.08. The zero-order valence-corrected chi connectivity index (χ0v) is 11.3. The smallest absolute Gasteiger partial charge is 0.248 e. The molecule has 0 spiro atoms. The number of nitrogens with one attached hydrogen (secondary N) is 2. The molecule has 4 N–H and O–H groups in total. The van der Waals surface area contributed by atoms with Crippen molar-refractivity contribution in [3.8, 4) is 0 Å². The highest BCUT2D eigenvalue weighted by Crippen LogP contribution is 2.16. The van der Waals surface area contributed by atoms with Gasteiger partial charge in [-0.1, -0.05) is 0 Å². The molecule has 0 bridgehead atoms. The zero-order valence-electron chi connectivity index (χ0n) is 10.5. The first kappa shape index (κ1) is 15.5. The summed E-state index contributed by atoms with van der Waals surface area (Å²) in [5.41, 5.74) is 6.29. The molecular formula is C13H18ClN3O2. The third kappa shape index (κ3) is 4.22. The van der Waals surface area contributed by atoms with Crippen molar-refractivity contribution in [2.75, 3.05) is 18.4 Å². The first-order valence-corrected chi connectivity index (χ1v) is 6.08. The van der Waals surface area contributed by atoms with Crippen molar-refractivity contribution in [3.63, 3.8) is 0 Å². The lowest BCUT2D eigenvalue weighted by Crippen LogP contribution is -2.34. The van der Waals surface area contributed by atoms with Crippen LogP contribution < -0.4 is 16.4 Å². The van der Waals surface area contributed by atoms with Crippen molar-refractivity contribution < 1.29 is 9.59 Å². The van der Waals surface area contributed by atoms with Gasteiger partial charge in [0.2, 0.25) is 11.8 Å². The Morgan fingerprint density at radius 2 is 1.74 bits per heavy atom. The molecule has 1 heterocycles. The number of nitrogens with two attached hydrogens (primary N) is 1. The molecule has 5 nitrogen and oxygen atoms in total. The summed E-state index contributed by atoms with van der Waals surface area (Å²) < 4.78 is 0. The highest BCUT2D eigenvalue weighted by Gasteiger charge is 2.20. The van der Waals surface area contributed by atoms with Crippen molar-refractivity contribution in [1.29, 1.82) is 0 Å². The van der Waals surface area contributed by atoms with Crippen molar-refractivity contribution in [1.82, 2.24) is 5.32 Å². The highest BCUT2D eigenvalue weighted by atomic mass is 35.5. The predicted molar refractivity (Wildman–Crippen MR) is 76.4 cm³/mol. The van der Waals surface area contributed by atoms with Crippen LogP contribution >= 0.6 is 12.4 Å². The van der Waals surface area contributed by atoms with E-state index in [4.69, 9.17) is 5.73 Å². The Morgan fingerprint density at radius 1 is 1.16 bits per heavy atom. The predicted octanol–water partition coefficient (Wildman–Crippen LogP) is 1.15. The molecule has 6 heteroatoms. The van der Waals surface area contributed by atoms with Gasteiger partial charge in [-0.2, -0.15) is 0 Å².